The summed E-state index contributed by atoms with van der Waals surface area (Å²) in [6, 6.07) is 4.49. The smallest absolute Gasteiger partial charge is 0.326 e. The Bertz CT molecular complexity index is 528. The summed E-state index contributed by atoms with van der Waals surface area (Å²) in [5.41, 5.74) is 2.86. The number of carboxylic acids is 1. The number of carbonyl (C=O) groups is 2. The van der Waals surface area contributed by atoms with Crippen LogP contribution in [0.3, 0.4) is 0 Å². The molecule has 5 heteroatoms. The van der Waals surface area contributed by atoms with E-state index in [1.165, 1.54) is 4.90 Å². The molecule has 2 amide bonds. The number of nitrogens with one attached hydrogen (secondary N) is 1. The third kappa shape index (κ3) is 4.21. The van der Waals surface area contributed by atoms with Crippen LogP contribution in [0.5, 0.6) is 0 Å². The molecule has 1 aromatic rings. The van der Waals surface area contributed by atoms with E-state index in [9.17, 15) is 14.7 Å². The number of benzene rings is 1. The molecule has 0 fully saturated rings. The molecule has 2 atom stereocenters. The Morgan fingerprint density at radius 2 is 1.95 bits per heavy atom. The first-order chi connectivity index (χ1) is 9.77. The maximum atomic E-state index is 12.3. The van der Waals surface area contributed by atoms with Crippen LogP contribution in [0, 0.1) is 19.8 Å². The number of anilines is 1. The van der Waals surface area contributed by atoms with Crippen LogP contribution in [0.1, 0.15) is 31.4 Å². The molecule has 0 aliphatic rings. The summed E-state index contributed by atoms with van der Waals surface area (Å²) in [5, 5.41) is 11.8. The molecule has 0 aliphatic heterocycles. The number of carbonyl (C=O) groups excluding carboxylic acids is 1. The van der Waals surface area contributed by atoms with Crippen molar-refractivity contribution < 1.29 is 14.7 Å². The predicted octanol–water partition coefficient (Wildman–Crippen LogP) is 2.95. The minimum atomic E-state index is -1.01. The van der Waals surface area contributed by atoms with Gasteiger partial charge in [-0.3, -0.25) is 4.90 Å². The number of hydrogen-bond acceptors (Lipinski definition) is 2. The molecule has 0 saturated heterocycles. The van der Waals surface area contributed by atoms with Gasteiger partial charge in [0.1, 0.15) is 6.04 Å². The van der Waals surface area contributed by atoms with Gasteiger partial charge in [0.15, 0.2) is 0 Å². The zero-order chi connectivity index (χ0) is 16.2. The van der Waals surface area contributed by atoms with Crippen molar-refractivity contribution in [3.8, 4) is 0 Å². The lowest BCUT2D eigenvalue weighted by Gasteiger charge is -2.25. The molecule has 0 bridgehead atoms. The summed E-state index contributed by atoms with van der Waals surface area (Å²) in [5.74, 6) is -1.13. The summed E-state index contributed by atoms with van der Waals surface area (Å²) in [4.78, 5) is 25.0. The molecule has 0 saturated carbocycles. The molecule has 5 nitrogen and oxygen atoms in total. The fourth-order valence-corrected chi connectivity index (χ4v) is 2.20. The van der Waals surface area contributed by atoms with Crippen LogP contribution in [0.25, 0.3) is 0 Å². The Labute approximate surface area is 126 Å². The molecule has 0 aliphatic carbocycles. The van der Waals surface area contributed by atoms with Crippen molar-refractivity contribution >= 4 is 17.7 Å². The highest BCUT2D eigenvalue weighted by atomic mass is 16.4. The van der Waals surface area contributed by atoms with Crippen molar-refractivity contribution in [1.82, 2.24) is 5.32 Å². The quantitative estimate of drug-likeness (QED) is 0.876. The van der Waals surface area contributed by atoms with Gasteiger partial charge in [-0.25, -0.2) is 9.59 Å². The van der Waals surface area contributed by atoms with Crippen molar-refractivity contribution in [2.45, 2.75) is 40.2 Å². The minimum absolute atomic E-state index is 0.126. The van der Waals surface area contributed by atoms with Crippen LogP contribution in [0.15, 0.2) is 18.2 Å². The highest BCUT2D eigenvalue weighted by Crippen LogP contribution is 2.20. The molecule has 116 valence electrons. The number of aryl methyl sites for hydroxylation is 2. The Kier molecular flexibility index (Phi) is 5.76. The molecule has 2 N–H and O–H groups in total. The highest BCUT2D eigenvalue weighted by molar-refractivity contribution is 5.94. The second-order valence-corrected chi connectivity index (χ2v) is 5.50. The molecule has 0 aromatic heterocycles. The average Bonchev–Trinajstić information content (AvgIpc) is 2.42. The molecule has 0 radical (unpaired) electrons. The zero-order valence-electron chi connectivity index (χ0n) is 13.3. The molecule has 1 aromatic carbocycles. The maximum absolute atomic E-state index is 12.3. The Morgan fingerprint density at radius 3 is 2.43 bits per heavy atom. The SMILES string of the molecule is CC[C@H](C)[C@H](NC(=O)N(C)c1ccc(C)cc1C)C(=O)O. The van der Waals surface area contributed by atoms with Crippen molar-refractivity contribution in [2.75, 3.05) is 11.9 Å². The zero-order valence-corrected chi connectivity index (χ0v) is 13.3. The van der Waals surface area contributed by atoms with E-state index in [2.05, 4.69) is 5.32 Å². The predicted molar refractivity (Wildman–Crippen MR) is 83.7 cm³/mol. The first-order valence-corrected chi connectivity index (χ1v) is 7.12. The first-order valence-electron chi connectivity index (χ1n) is 7.12. The fraction of sp³-hybridized carbons (Fsp3) is 0.500. The van der Waals surface area contributed by atoms with Gasteiger partial charge < -0.3 is 10.4 Å². The molecular weight excluding hydrogens is 268 g/mol. The van der Waals surface area contributed by atoms with E-state index in [-0.39, 0.29) is 5.92 Å². The van der Waals surface area contributed by atoms with Gasteiger partial charge in [-0.05, 0) is 31.4 Å². The summed E-state index contributed by atoms with van der Waals surface area (Å²) in [6.45, 7) is 7.63. The van der Waals surface area contributed by atoms with Crippen molar-refractivity contribution in [3.63, 3.8) is 0 Å². The summed E-state index contributed by atoms with van der Waals surface area (Å²) >= 11 is 0. The third-order valence-electron chi connectivity index (χ3n) is 3.78. The van der Waals surface area contributed by atoms with E-state index < -0.39 is 18.0 Å². The molecule has 0 unspecified atom stereocenters. The summed E-state index contributed by atoms with van der Waals surface area (Å²) in [7, 11) is 1.64. The number of carboxylic acid groups (broad SMARTS) is 1. The first kappa shape index (κ1) is 17.0. The van der Waals surface area contributed by atoms with Crippen LogP contribution >= 0.6 is 0 Å². The van der Waals surface area contributed by atoms with Crippen LogP contribution in [-0.4, -0.2) is 30.2 Å². The van der Waals surface area contributed by atoms with E-state index in [4.69, 9.17) is 0 Å². The van der Waals surface area contributed by atoms with Crippen molar-refractivity contribution in [3.05, 3.63) is 29.3 Å². The van der Waals surface area contributed by atoms with Crippen LogP contribution in [-0.2, 0) is 4.79 Å². The molecule has 1 rings (SSSR count). The third-order valence-corrected chi connectivity index (χ3v) is 3.78. The monoisotopic (exact) mass is 292 g/mol. The average molecular weight is 292 g/mol. The molecule has 0 spiro atoms. The van der Waals surface area contributed by atoms with Gasteiger partial charge in [0, 0.05) is 12.7 Å². The van der Waals surface area contributed by atoms with Crippen LogP contribution in [0.4, 0.5) is 10.5 Å². The van der Waals surface area contributed by atoms with E-state index in [1.54, 1.807) is 7.05 Å². The van der Waals surface area contributed by atoms with E-state index in [0.717, 1.165) is 16.8 Å². The van der Waals surface area contributed by atoms with E-state index in [1.807, 2.05) is 45.9 Å². The fourth-order valence-electron chi connectivity index (χ4n) is 2.20. The van der Waals surface area contributed by atoms with Gasteiger partial charge in [0.05, 0.1) is 0 Å². The summed E-state index contributed by atoms with van der Waals surface area (Å²) in [6.07, 6.45) is 0.685. The van der Waals surface area contributed by atoms with Gasteiger partial charge >= 0.3 is 12.0 Å². The summed E-state index contributed by atoms with van der Waals surface area (Å²) < 4.78 is 0. The lowest BCUT2D eigenvalue weighted by atomic mass is 9.99. The van der Waals surface area contributed by atoms with Crippen LogP contribution in [0.2, 0.25) is 0 Å². The van der Waals surface area contributed by atoms with Gasteiger partial charge in [-0.2, -0.15) is 0 Å². The molecule has 21 heavy (non-hydrogen) atoms. The standard InChI is InChI=1S/C16H24N2O3/c1-6-11(3)14(15(19)20)17-16(21)18(5)13-8-7-10(2)9-12(13)4/h7-9,11,14H,6H2,1-5H3,(H,17,21)(H,19,20)/t11-,14-/m0/s1. The number of rotatable bonds is 5. The van der Waals surface area contributed by atoms with Gasteiger partial charge in [0.2, 0.25) is 0 Å². The van der Waals surface area contributed by atoms with Gasteiger partial charge in [-0.15, -0.1) is 0 Å². The lowest BCUT2D eigenvalue weighted by molar-refractivity contribution is -0.140. The Hall–Kier alpha value is -2.04. The molecular formula is C16H24N2O3. The highest BCUT2D eigenvalue weighted by Gasteiger charge is 2.27. The largest absolute Gasteiger partial charge is 0.480 e. The van der Waals surface area contributed by atoms with E-state index >= 15 is 0 Å². The molecule has 0 heterocycles. The van der Waals surface area contributed by atoms with E-state index in [0.29, 0.717) is 6.42 Å². The maximum Gasteiger partial charge on any atom is 0.326 e. The topological polar surface area (TPSA) is 69.6 Å². The second-order valence-electron chi connectivity index (χ2n) is 5.50. The number of hydrogen-bond donors (Lipinski definition) is 2. The Morgan fingerprint density at radius 1 is 1.33 bits per heavy atom. The normalized spacial score (nSPS) is 13.4. The van der Waals surface area contributed by atoms with Gasteiger partial charge in [0.25, 0.3) is 0 Å². The van der Waals surface area contributed by atoms with Crippen molar-refractivity contribution in [1.29, 1.82) is 0 Å². The Balaban J connectivity index is 2.89. The minimum Gasteiger partial charge on any atom is -0.480 e. The number of urea groups is 1. The lowest BCUT2D eigenvalue weighted by Crippen LogP contribution is -2.49. The number of amides is 2. The van der Waals surface area contributed by atoms with Crippen molar-refractivity contribution in [2.24, 2.45) is 5.92 Å². The van der Waals surface area contributed by atoms with Crippen LogP contribution < -0.4 is 10.2 Å². The van der Waals surface area contributed by atoms with Gasteiger partial charge in [-0.1, -0.05) is 38.0 Å². The second kappa shape index (κ2) is 7.11. The number of nitrogens with zero attached hydrogens (tertiary/aromatic N) is 1. The number of aliphatic carboxylic acids is 1.